The molecule has 0 radical (unpaired) electrons. The molecule has 116 valence electrons. The van der Waals surface area contributed by atoms with Gasteiger partial charge in [-0.2, -0.15) is 0 Å². The Kier molecular flexibility index (Phi) is 3.11. The Morgan fingerprint density at radius 3 is 2.91 bits per heavy atom. The van der Waals surface area contributed by atoms with E-state index in [1.54, 1.807) is 0 Å². The molecule has 2 atom stereocenters. The van der Waals surface area contributed by atoms with Gasteiger partial charge in [-0.25, -0.2) is 4.79 Å². The van der Waals surface area contributed by atoms with Crippen LogP contribution >= 0.6 is 0 Å². The van der Waals surface area contributed by atoms with Crippen molar-refractivity contribution in [2.24, 2.45) is 0 Å². The maximum Gasteiger partial charge on any atom is 0.335 e. The molecule has 0 aliphatic carbocycles. The summed E-state index contributed by atoms with van der Waals surface area (Å²) < 4.78 is 15.9. The highest BCUT2D eigenvalue weighted by Crippen LogP contribution is 2.44. The number of hydrogen-bond acceptors (Lipinski definition) is 5. The second-order valence-corrected chi connectivity index (χ2v) is 6.07. The highest BCUT2D eigenvalue weighted by molar-refractivity contribution is 6.00. The van der Waals surface area contributed by atoms with Crippen molar-refractivity contribution in [1.82, 2.24) is 4.90 Å². The van der Waals surface area contributed by atoms with Gasteiger partial charge in [0.2, 0.25) is 6.79 Å². The van der Waals surface area contributed by atoms with Gasteiger partial charge < -0.3 is 14.2 Å². The van der Waals surface area contributed by atoms with Crippen molar-refractivity contribution >= 4 is 11.5 Å². The summed E-state index contributed by atoms with van der Waals surface area (Å²) in [4.78, 5) is 14.7. The lowest BCUT2D eigenvalue weighted by atomic mass is 9.88. The van der Waals surface area contributed by atoms with Crippen LogP contribution in [0.2, 0.25) is 0 Å². The lowest BCUT2D eigenvalue weighted by Gasteiger charge is -2.34. The summed E-state index contributed by atoms with van der Waals surface area (Å²) in [6, 6.07) is 6.56. The van der Waals surface area contributed by atoms with E-state index in [9.17, 15) is 4.79 Å². The van der Waals surface area contributed by atoms with E-state index in [0.717, 1.165) is 47.5 Å². The van der Waals surface area contributed by atoms with Gasteiger partial charge in [-0.3, -0.25) is 4.90 Å². The first-order valence-electron chi connectivity index (χ1n) is 7.62. The fourth-order valence-corrected chi connectivity index (χ4v) is 3.88. The van der Waals surface area contributed by atoms with Crippen LogP contribution in [0.1, 0.15) is 24.8 Å². The van der Waals surface area contributed by atoms with Crippen LogP contribution in [0.3, 0.4) is 0 Å². The third kappa shape index (κ3) is 1.92. The first kappa shape index (κ1) is 13.6. The molecule has 22 heavy (non-hydrogen) atoms. The van der Waals surface area contributed by atoms with Crippen molar-refractivity contribution in [3.63, 3.8) is 0 Å². The van der Waals surface area contributed by atoms with E-state index in [-0.39, 0.29) is 18.8 Å². The first-order valence-corrected chi connectivity index (χ1v) is 7.62. The Bertz CT molecular complexity index is 667. The number of methoxy groups -OCH3 is 1. The minimum Gasteiger partial charge on any atom is -0.466 e. The largest absolute Gasteiger partial charge is 0.466 e. The van der Waals surface area contributed by atoms with Gasteiger partial charge in [-0.05, 0) is 49.6 Å². The molecule has 1 saturated heterocycles. The Morgan fingerprint density at radius 1 is 1.27 bits per heavy atom. The standard InChI is InChI=1S/C17H19NO4/c1-18-11-4-5-13(18)16(17(19)20-2)12(8-11)10-3-6-14-15(7-10)22-9-21-14/h3,6-7,11,13H,4-5,8-9H2,1-2H3/t11-,13+/m0/s1. The number of rotatable bonds is 2. The molecule has 5 nitrogen and oxygen atoms in total. The van der Waals surface area contributed by atoms with Gasteiger partial charge in [0.1, 0.15) is 0 Å². The SMILES string of the molecule is COC(=O)C1=C(c2ccc3c(c2)OCO3)C[C@@H]2CC[C@H]1N2C. The molecule has 0 N–H and O–H groups in total. The Morgan fingerprint density at radius 2 is 2.09 bits per heavy atom. The summed E-state index contributed by atoms with van der Waals surface area (Å²) in [7, 11) is 3.55. The van der Waals surface area contributed by atoms with Crippen LogP contribution in [-0.4, -0.2) is 43.9 Å². The molecule has 0 aromatic heterocycles. The van der Waals surface area contributed by atoms with Gasteiger partial charge in [0.25, 0.3) is 0 Å². The third-order valence-electron chi connectivity index (χ3n) is 5.07. The summed E-state index contributed by atoms with van der Waals surface area (Å²) in [5, 5.41) is 0. The summed E-state index contributed by atoms with van der Waals surface area (Å²) in [6.07, 6.45) is 3.01. The molecule has 2 bridgehead atoms. The highest BCUT2D eigenvalue weighted by atomic mass is 16.7. The summed E-state index contributed by atoms with van der Waals surface area (Å²) >= 11 is 0. The highest BCUT2D eigenvalue weighted by Gasteiger charge is 2.42. The molecule has 1 aromatic rings. The van der Waals surface area contributed by atoms with E-state index < -0.39 is 0 Å². The summed E-state index contributed by atoms with van der Waals surface area (Å²) in [5.74, 6) is 1.30. The van der Waals surface area contributed by atoms with Gasteiger partial charge in [-0.1, -0.05) is 6.07 Å². The Balaban J connectivity index is 1.83. The van der Waals surface area contributed by atoms with Crippen LogP contribution < -0.4 is 9.47 Å². The Hall–Kier alpha value is -2.01. The van der Waals surface area contributed by atoms with Crippen molar-refractivity contribution in [3.05, 3.63) is 29.3 Å². The molecule has 5 heteroatoms. The minimum absolute atomic E-state index is 0.159. The van der Waals surface area contributed by atoms with E-state index in [1.165, 1.54) is 7.11 Å². The van der Waals surface area contributed by atoms with Crippen molar-refractivity contribution in [3.8, 4) is 11.5 Å². The number of carbonyl (C=O) groups excluding carboxylic acids is 1. The fourth-order valence-electron chi connectivity index (χ4n) is 3.88. The smallest absolute Gasteiger partial charge is 0.335 e. The van der Waals surface area contributed by atoms with E-state index in [4.69, 9.17) is 14.2 Å². The second-order valence-electron chi connectivity index (χ2n) is 6.07. The van der Waals surface area contributed by atoms with E-state index >= 15 is 0 Å². The lowest BCUT2D eigenvalue weighted by molar-refractivity contribution is -0.136. The predicted octanol–water partition coefficient (Wildman–Crippen LogP) is 2.21. The molecular weight excluding hydrogens is 282 g/mol. The van der Waals surface area contributed by atoms with E-state index in [1.807, 2.05) is 18.2 Å². The molecule has 1 fully saturated rings. The molecule has 4 rings (SSSR count). The number of hydrogen-bond donors (Lipinski definition) is 0. The second kappa shape index (κ2) is 5.02. The van der Waals surface area contributed by atoms with Crippen molar-refractivity contribution < 1.29 is 19.0 Å². The zero-order chi connectivity index (χ0) is 15.3. The minimum atomic E-state index is -0.218. The maximum atomic E-state index is 12.4. The van der Waals surface area contributed by atoms with Gasteiger partial charge in [0.05, 0.1) is 12.7 Å². The zero-order valence-electron chi connectivity index (χ0n) is 12.8. The zero-order valence-corrected chi connectivity index (χ0v) is 12.8. The predicted molar refractivity (Wildman–Crippen MR) is 80.7 cm³/mol. The summed E-state index contributed by atoms with van der Waals surface area (Å²) in [6.45, 7) is 0.260. The monoisotopic (exact) mass is 301 g/mol. The molecule has 0 unspecified atom stereocenters. The van der Waals surface area contributed by atoms with E-state index in [0.29, 0.717) is 6.04 Å². The van der Waals surface area contributed by atoms with Crippen molar-refractivity contribution in [1.29, 1.82) is 0 Å². The first-order chi connectivity index (χ1) is 10.7. The number of esters is 1. The van der Waals surface area contributed by atoms with Crippen LogP contribution in [0.15, 0.2) is 23.8 Å². The summed E-state index contributed by atoms with van der Waals surface area (Å²) in [5.41, 5.74) is 2.93. The van der Waals surface area contributed by atoms with Crippen LogP contribution in [0.4, 0.5) is 0 Å². The average molecular weight is 301 g/mol. The molecular formula is C17H19NO4. The molecule has 1 aromatic carbocycles. The number of fused-ring (bicyclic) bond motifs is 3. The third-order valence-corrected chi connectivity index (χ3v) is 5.07. The maximum absolute atomic E-state index is 12.4. The van der Waals surface area contributed by atoms with E-state index in [2.05, 4.69) is 11.9 Å². The van der Waals surface area contributed by atoms with Gasteiger partial charge in [0, 0.05) is 12.1 Å². The quantitative estimate of drug-likeness (QED) is 0.784. The van der Waals surface area contributed by atoms with Crippen molar-refractivity contribution in [2.75, 3.05) is 21.0 Å². The van der Waals surface area contributed by atoms with Crippen LogP contribution in [0.25, 0.3) is 5.57 Å². The number of carbonyl (C=O) groups is 1. The van der Waals surface area contributed by atoms with Crippen LogP contribution in [-0.2, 0) is 9.53 Å². The fraction of sp³-hybridized carbons (Fsp3) is 0.471. The molecule has 3 aliphatic heterocycles. The van der Waals surface area contributed by atoms with Crippen LogP contribution in [0, 0.1) is 0 Å². The molecule has 3 aliphatic rings. The van der Waals surface area contributed by atoms with Gasteiger partial charge in [-0.15, -0.1) is 0 Å². The molecule has 0 amide bonds. The number of nitrogens with zero attached hydrogens (tertiary/aromatic N) is 1. The lowest BCUT2D eigenvalue weighted by Crippen LogP contribution is -2.40. The number of likely N-dealkylation sites (N-methyl/N-ethyl adjacent to an activating group) is 1. The number of ether oxygens (including phenoxy) is 3. The normalized spacial score (nSPS) is 26.5. The molecule has 0 saturated carbocycles. The molecule has 3 heterocycles. The van der Waals surface area contributed by atoms with Gasteiger partial charge in [0.15, 0.2) is 11.5 Å². The van der Waals surface area contributed by atoms with Gasteiger partial charge >= 0.3 is 5.97 Å². The van der Waals surface area contributed by atoms with Crippen molar-refractivity contribution in [2.45, 2.75) is 31.3 Å². The topological polar surface area (TPSA) is 48.0 Å². The number of benzene rings is 1. The molecule has 0 spiro atoms. The Labute approximate surface area is 129 Å². The van der Waals surface area contributed by atoms with Crippen LogP contribution in [0.5, 0.6) is 11.5 Å². The average Bonchev–Trinajstić information content (AvgIpc) is 3.08.